The summed E-state index contributed by atoms with van der Waals surface area (Å²) in [5.41, 5.74) is 1.67. The van der Waals surface area contributed by atoms with E-state index in [2.05, 4.69) is 11.9 Å². The normalized spacial score (nSPS) is 10.6. The largest absolute Gasteiger partial charge is 0.361 e. The van der Waals surface area contributed by atoms with Crippen molar-refractivity contribution in [2.24, 2.45) is 0 Å². The standard InChI is InChI=1S/C13H16N2O/c1-3-9-15(2)13(16)11-6-4-5-10-7-8-14-12(10)11/h4-8,14H,3,9H2,1-2H3. The van der Waals surface area contributed by atoms with Gasteiger partial charge in [-0.1, -0.05) is 19.1 Å². The molecule has 0 spiro atoms. The molecule has 3 nitrogen and oxygen atoms in total. The highest BCUT2D eigenvalue weighted by Gasteiger charge is 2.14. The fourth-order valence-electron chi connectivity index (χ4n) is 1.91. The first-order valence-electron chi connectivity index (χ1n) is 5.55. The predicted octanol–water partition coefficient (Wildman–Crippen LogP) is 2.65. The molecule has 1 heterocycles. The van der Waals surface area contributed by atoms with Gasteiger partial charge in [-0.25, -0.2) is 0 Å². The maximum absolute atomic E-state index is 12.2. The molecule has 84 valence electrons. The van der Waals surface area contributed by atoms with Crippen LogP contribution < -0.4 is 0 Å². The number of aromatic nitrogens is 1. The second-order valence-electron chi connectivity index (χ2n) is 3.97. The van der Waals surface area contributed by atoms with Crippen molar-refractivity contribution in [3.8, 4) is 0 Å². The summed E-state index contributed by atoms with van der Waals surface area (Å²) in [6, 6.07) is 7.77. The van der Waals surface area contributed by atoms with E-state index in [0.29, 0.717) is 0 Å². The average molecular weight is 216 g/mol. The van der Waals surface area contributed by atoms with Crippen molar-refractivity contribution >= 4 is 16.8 Å². The van der Waals surface area contributed by atoms with Crippen molar-refractivity contribution in [1.82, 2.24) is 9.88 Å². The first kappa shape index (κ1) is 10.7. The van der Waals surface area contributed by atoms with Gasteiger partial charge in [0.15, 0.2) is 0 Å². The van der Waals surface area contributed by atoms with Gasteiger partial charge in [-0.3, -0.25) is 4.79 Å². The number of aromatic amines is 1. The fourth-order valence-corrected chi connectivity index (χ4v) is 1.91. The van der Waals surface area contributed by atoms with E-state index in [-0.39, 0.29) is 5.91 Å². The van der Waals surface area contributed by atoms with E-state index in [4.69, 9.17) is 0 Å². The molecule has 0 aliphatic rings. The van der Waals surface area contributed by atoms with Gasteiger partial charge in [0.25, 0.3) is 5.91 Å². The number of benzene rings is 1. The summed E-state index contributed by atoms with van der Waals surface area (Å²) in [6.45, 7) is 2.86. The molecular weight excluding hydrogens is 200 g/mol. The Labute approximate surface area is 95.1 Å². The molecule has 1 aromatic carbocycles. The van der Waals surface area contributed by atoms with Crippen molar-refractivity contribution in [2.45, 2.75) is 13.3 Å². The quantitative estimate of drug-likeness (QED) is 0.841. The van der Waals surface area contributed by atoms with Gasteiger partial charge < -0.3 is 9.88 Å². The lowest BCUT2D eigenvalue weighted by atomic mass is 10.1. The molecule has 2 aromatic rings. The fraction of sp³-hybridized carbons (Fsp3) is 0.308. The van der Waals surface area contributed by atoms with E-state index in [1.807, 2.05) is 37.5 Å². The van der Waals surface area contributed by atoms with Crippen molar-refractivity contribution in [3.63, 3.8) is 0 Å². The van der Waals surface area contributed by atoms with Crippen LogP contribution in [0.2, 0.25) is 0 Å². The summed E-state index contributed by atoms with van der Waals surface area (Å²) in [7, 11) is 1.84. The third-order valence-electron chi connectivity index (χ3n) is 2.72. The summed E-state index contributed by atoms with van der Waals surface area (Å²) < 4.78 is 0. The molecule has 2 rings (SSSR count). The third-order valence-corrected chi connectivity index (χ3v) is 2.72. The Balaban J connectivity index is 2.39. The second kappa shape index (κ2) is 4.39. The second-order valence-corrected chi connectivity index (χ2v) is 3.97. The molecule has 0 aliphatic heterocycles. The van der Waals surface area contributed by atoms with Crippen LogP contribution in [0.15, 0.2) is 30.5 Å². The summed E-state index contributed by atoms with van der Waals surface area (Å²) in [6.07, 6.45) is 2.84. The highest BCUT2D eigenvalue weighted by Crippen LogP contribution is 2.18. The zero-order chi connectivity index (χ0) is 11.5. The molecule has 1 N–H and O–H groups in total. The molecule has 0 unspecified atom stereocenters. The van der Waals surface area contributed by atoms with Crippen molar-refractivity contribution in [3.05, 3.63) is 36.0 Å². The van der Waals surface area contributed by atoms with Gasteiger partial charge in [0.2, 0.25) is 0 Å². The van der Waals surface area contributed by atoms with Crippen LogP contribution >= 0.6 is 0 Å². The van der Waals surface area contributed by atoms with Crippen LogP contribution in [0.3, 0.4) is 0 Å². The van der Waals surface area contributed by atoms with Crippen molar-refractivity contribution in [1.29, 1.82) is 0 Å². The maximum Gasteiger partial charge on any atom is 0.255 e. The number of nitrogens with one attached hydrogen (secondary N) is 1. The Bertz CT molecular complexity index is 501. The number of nitrogens with zero attached hydrogens (tertiary/aromatic N) is 1. The van der Waals surface area contributed by atoms with E-state index in [9.17, 15) is 4.79 Å². The van der Waals surface area contributed by atoms with Gasteiger partial charge in [0, 0.05) is 25.2 Å². The Morgan fingerprint density at radius 2 is 2.19 bits per heavy atom. The Morgan fingerprint density at radius 1 is 1.38 bits per heavy atom. The van der Waals surface area contributed by atoms with Crippen LogP contribution in [0.5, 0.6) is 0 Å². The smallest absolute Gasteiger partial charge is 0.255 e. The lowest BCUT2D eigenvalue weighted by Crippen LogP contribution is -2.27. The van der Waals surface area contributed by atoms with Crippen molar-refractivity contribution in [2.75, 3.05) is 13.6 Å². The summed E-state index contributed by atoms with van der Waals surface area (Å²) >= 11 is 0. The van der Waals surface area contributed by atoms with Gasteiger partial charge in [-0.15, -0.1) is 0 Å². The van der Waals surface area contributed by atoms with Crippen LogP contribution in [-0.4, -0.2) is 29.4 Å². The van der Waals surface area contributed by atoms with E-state index in [1.54, 1.807) is 4.90 Å². The zero-order valence-corrected chi connectivity index (χ0v) is 9.66. The highest BCUT2D eigenvalue weighted by molar-refractivity contribution is 6.05. The molecule has 0 fully saturated rings. The number of hydrogen-bond acceptors (Lipinski definition) is 1. The van der Waals surface area contributed by atoms with Gasteiger partial charge in [-0.2, -0.15) is 0 Å². The summed E-state index contributed by atoms with van der Waals surface area (Å²) in [4.78, 5) is 17.0. The van der Waals surface area contributed by atoms with Crippen LogP contribution in [0, 0.1) is 0 Å². The number of carbonyl (C=O) groups is 1. The predicted molar refractivity (Wildman–Crippen MR) is 65.6 cm³/mol. The van der Waals surface area contributed by atoms with E-state index in [0.717, 1.165) is 29.4 Å². The highest BCUT2D eigenvalue weighted by atomic mass is 16.2. The Hall–Kier alpha value is -1.77. The molecule has 1 amide bonds. The number of hydrogen-bond donors (Lipinski definition) is 1. The number of amides is 1. The van der Waals surface area contributed by atoms with Gasteiger partial charge in [-0.05, 0) is 18.6 Å². The zero-order valence-electron chi connectivity index (χ0n) is 9.66. The molecule has 16 heavy (non-hydrogen) atoms. The average Bonchev–Trinajstić information content (AvgIpc) is 2.76. The van der Waals surface area contributed by atoms with Crippen LogP contribution in [-0.2, 0) is 0 Å². The van der Waals surface area contributed by atoms with Crippen LogP contribution in [0.25, 0.3) is 10.9 Å². The Morgan fingerprint density at radius 3 is 2.94 bits per heavy atom. The molecule has 0 saturated carbocycles. The first-order chi connectivity index (χ1) is 7.74. The molecule has 1 aromatic heterocycles. The number of carbonyl (C=O) groups excluding carboxylic acids is 1. The third kappa shape index (κ3) is 1.81. The monoisotopic (exact) mass is 216 g/mol. The molecule has 0 aliphatic carbocycles. The molecule has 0 atom stereocenters. The topological polar surface area (TPSA) is 36.1 Å². The lowest BCUT2D eigenvalue weighted by Gasteiger charge is -2.16. The van der Waals surface area contributed by atoms with Crippen LogP contribution in [0.1, 0.15) is 23.7 Å². The van der Waals surface area contributed by atoms with E-state index in [1.165, 1.54) is 0 Å². The SMILES string of the molecule is CCCN(C)C(=O)c1cccc2cc[nH]c12. The number of fused-ring (bicyclic) bond motifs is 1. The first-order valence-corrected chi connectivity index (χ1v) is 5.55. The molecule has 0 bridgehead atoms. The molecule has 0 radical (unpaired) electrons. The minimum atomic E-state index is 0.0786. The number of rotatable bonds is 3. The lowest BCUT2D eigenvalue weighted by molar-refractivity contribution is 0.0797. The summed E-state index contributed by atoms with van der Waals surface area (Å²) in [5.74, 6) is 0.0786. The number of H-pyrrole nitrogens is 1. The number of para-hydroxylation sites is 1. The molecule has 0 saturated heterocycles. The molecule has 3 heteroatoms. The Kier molecular flexibility index (Phi) is 2.95. The van der Waals surface area contributed by atoms with Gasteiger partial charge in [0.05, 0.1) is 11.1 Å². The van der Waals surface area contributed by atoms with Crippen molar-refractivity contribution < 1.29 is 4.79 Å². The van der Waals surface area contributed by atoms with Gasteiger partial charge >= 0.3 is 0 Å². The molecular formula is C13H16N2O. The minimum Gasteiger partial charge on any atom is -0.361 e. The van der Waals surface area contributed by atoms with E-state index >= 15 is 0 Å². The minimum absolute atomic E-state index is 0.0786. The van der Waals surface area contributed by atoms with Crippen LogP contribution in [0.4, 0.5) is 0 Å². The van der Waals surface area contributed by atoms with Gasteiger partial charge in [0.1, 0.15) is 0 Å². The maximum atomic E-state index is 12.2. The summed E-state index contributed by atoms with van der Waals surface area (Å²) in [5, 5.41) is 1.08. The van der Waals surface area contributed by atoms with E-state index < -0.39 is 0 Å².